The van der Waals surface area contributed by atoms with Crippen molar-refractivity contribution < 1.29 is 20.4 Å². The molecule has 0 amide bonds. The van der Waals surface area contributed by atoms with Gasteiger partial charge in [-0.15, -0.1) is 5.10 Å². The molecular weight excluding hydrogens is 567 g/mol. The van der Waals surface area contributed by atoms with Crippen LogP contribution in [0, 0.1) is 50.7 Å². The second kappa shape index (κ2) is 15.9. The number of H-pyrrole nitrogens is 2. The van der Waals surface area contributed by atoms with Crippen molar-refractivity contribution in [2.24, 2.45) is 0 Å². The van der Waals surface area contributed by atoms with E-state index < -0.39 is 15.3 Å². The zero-order chi connectivity index (χ0) is 19.1. The molecule has 2 rings (SSSR count). The van der Waals surface area contributed by atoms with Crippen molar-refractivity contribution in [2.45, 2.75) is 0 Å². The summed E-state index contributed by atoms with van der Waals surface area (Å²) in [5.41, 5.74) is 0.969. The molecule has 0 unspecified atom stereocenters. The first-order valence-corrected chi connectivity index (χ1v) is 5.53. The number of para-hydroxylation sites is 1. The van der Waals surface area contributed by atoms with Crippen molar-refractivity contribution in [1.29, 1.82) is 0 Å². The van der Waals surface area contributed by atoms with Crippen LogP contribution < -0.4 is 5.10 Å². The molecule has 1 aromatic carbocycles. The molecule has 1 heterocycles. The number of aromatic amines is 2. The van der Waals surface area contributed by atoms with E-state index in [1.807, 2.05) is 30.3 Å². The van der Waals surface area contributed by atoms with E-state index in [9.17, 15) is 0 Å². The van der Waals surface area contributed by atoms with Gasteiger partial charge in [0.25, 0.3) is 0 Å². The van der Waals surface area contributed by atoms with Gasteiger partial charge in [0.15, 0.2) is 0 Å². The summed E-state index contributed by atoms with van der Waals surface area (Å²) in [5.74, 6) is 0. The molecule has 0 aliphatic heterocycles. The molecule has 2 aromatic rings. The number of tetrazole rings is 1. The van der Waals surface area contributed by atoms with Crippen molar-refractivity contribution in [2.75, 3.05) is 0 Å². The number of hydrogen-bond donors (Lipinski definition) is 1. The van der Waals surface area contributed by atoms with Gasteiger partial charge in [-0.1, -0.05) is 28.1 Å². The standard InChI is InChI=1S/C7H6N4S.Bi.3NO3/c12-7-8-9-10-11(7)6-4-2-1-3-5-6;;3*2-1(3)4/h1-5H,(H,8,10,12);;;;/q;+2;3*-1/p+1. The van der Waals surface area contributed by atoms with Crippen molar-refractivity contribution >= 4 is 38.4 Å². The van der Waals surface area contributed by atoms with E-state index in [1.54, 1.807) is 4.68 Å². The molecule has 3 radical (unpaired) electrons. The third-order valence-corrected chi connectivity index (χ3v) is 1.79. The van der Waals surface area contributed by atoms with Gasteiger partial charge in [-0.3, -0.25) is 0 Å². The van der Waals surface area contributed by atoms with Gasteiger partial charge < -0.3 is 46.0 Å². The zero-order valence-corrected chi connectivity index (χ0v) is 15.9. The summed E-state index contributed by atoms with van der Waals surface area (Å²) in [6.45, 7) is 0. The van der Waals surface area contributed by atoms with Crippen molar-refractivity contribution in [3.05, 3.63) is 81.1 Å². The van der Waals surface area contributed by atoms with E-state index >= 15 is 0 Å². The summed E-state index contributed by atoms with van der Waals surface area (Å²) in [6.07, 6.45) is 0. The fourth-order valence-electron chi connectivity index (χ4n) is 0.970. The number of hydrogen-bond acceptors (Lipinski definition) is 11. The van der Waals surface area contributed by atoms with Crippen LogP contribution in [0.3, 0.4) is 0 Å². The van der Waals surface area contributed by atoms with E-state index in [0.29, 0.717) is 4.77 Å². The molecule has 0 aliphatic rings. The predicted molar refractivity (Wildman–Crippen MR) is 82.1 cm³/mol. The van der Waals surface area contributed by atoms with Gasteiger partial charge in [0.05, 0.1) is 20.5 Å². The summed E-state index contributed by atoms with van der Waals surface area (Å²) in [5, 5.41) is 53.3. The van der Waals surface area contributed by atoms with Gasteiger partial charge in [-0.2, -0.15) is 0 Å². The van der Waals surface area contributed by atoms with E-state index in [1.165, 1.54) is 0 Å². The molecule has 2 N–H and O–H groups in total. The molecule has 135 valence electrons. The molecule has 0 saturated carbocycles. The van der Waals surface area contributed by atoms with E-state index in [-0.39, 0.29) is 26.2 Å². The fourth-order valence-corrected chi connectivity index (χ4v) is 1.16. The molecule has 0 atom stereocenters. The van der Waals surface area contributed by atoms with Crippen LogP contribution in [0.4, 0.5) is 0 Å². The Hall–Kier alpha value is -3.01. The number of nitrogens with zero attached hydrogens (tertiary/aromatic N) is 5. The first-order valence-electron chi connectivity index (χ1n) is 5.13. The average Bonchev–Trinajstić information content (AvgIpc) is 2.84. The number of nitrogens with one attached hydrogen (secondary N) is 2. The zero-order valence-electron chi connectivity index (χ0n) is 11.7. The third kappa shape index (κ3) is 21.0. The molecule has 0 spiro atoms. The summed E-state index contributed by atoms with van der Waals surface area (Å²) in [6, 6.07) is 9.73. The van der Waals surface area contributed by atoms with Gasteiger partial charge in [0, 0.05) is 12.2 Å². The van der Waals surface area contributed by atoms with Gasteiger partial charge >= 0.3 is 31.0 Å². The maximum absolute atomic E-state index is 8.25. The Bertz CT molecular complexity index is 652. The van der Waals surface area contributed by atoms with Crippen LogP contribution in [0.2, 0.25) is 0 Å². The van der Waals surface area contributed by atoms with Crippen LogP contribution >= 0.6 is 12.2 Å². The Morgan fingerprint density at radius 3 is 1.56 bits per heavy atom. The second-order valence-electron chi connectivity index (χ2n) is 2.97. The van der Waals surface area contributed by atoms with Crippen LogP contribution in [0.25, 0.3) is 5.69 Å². The van der Waals surface area contributed by atoms with Crippen LogP contribution in [0.1, 0.15) is 0 Å². The van der Waals surface area contributed by atoms with Crippen LogP contribution in [0.5, 0.6) is 0 Å². The van der Waals surface area contributed by atoms with Crippen LogP contribution in [0.15, 0.2) is 30.3 Å². The summed E-state index contributed by atoms with van der Waals surface area (Å²) in [7, 11) is 0. The smallest absolute Gasteiger partial charge is 0.356 e. The Morgan fingerprint density at radius 1 is 0.920 bits per heavy atom. The molecule has 0 fully saturated rings. The van der Waals surface area contributed by atoms with E-state index in [2.05, 4.69) is 15.5 Å². The summed E-state index contributed by atoms with van der Waals surface area (Å²) in [4.78, 5) is 24.8. The SMILES string of the molecule is O=[N+]([O-])[O-].O=[N+]([O-])[O-].O=[N+]([O-])[O-].S=c1[nH+]n[nH]n1-c1ccccc1.[Bi+2]. The summed E-state index contributed by atoms with van der Waals surface area (Å²) < 4.78 is 2.25. The van der Waals surface area contributed by atoms with Gasteiger partial charge in [0.1, 0.15) is 5.69 Å². The maximum atomic E-state index is 8.25. The van der Waals surface area contributed by atoms with Crippen LogP contribution in [-0.2, 0) is 0 Å². The van der Waals surface area contributed by atoms with Gasteiger partial charge in [-0.05, 0) is 12.1 Å². The van der Waals surface area contributed by atoms with Gasteiger partial charge in [-0.25, -0.2) is 0 Å². The Balaban J connectivity index is -0.000000314. The van der Waals surface area contributed by atoms with E-state index in [0.717, 1.165) is 5.69 Å². The molecule has 16 nitrogen and oxygen atoms in total. The van der Waals surface area contributed by atoms with Gasteiger partial charge in [0.2, 0.25) is 0 Å². The van der Waals surface area contributed by atoms with Crippen molar-refractivity contribution in [3.8, 4) is 5.69 Å². The Kier molecular flexibility index (Phi) is 17.1. The first-order chi connectivity index (χ1) is 11.1. The molecule has 25 heavy (non-hydrogen) atoms. The number of benzene rings is 1. The number of rotatable bonds is 1. The molecule has 18 heteroatoms. The summed E-state index contributed by atoms with van der Waals surface area (Å²) >= 11 is 4.98. The van der Waals surface area contributed by atoms with E-state index in [4.69, 9.17) is 58.2 Å². The molecule has 0 saturated heterocycles. The quantitative estimate of drug-likeness (QED) is 0.199. The fraction of sp³-hybridized carbons (Fsp3) is 0. The third-order valence-electron chi connectivity index (χ3n) is 1.52. The minimum absolute atomic E-state index is 0. The topological polar surface area (TPSA) is 246 Å². The van der Waals surface area contributed by atoms with Crippen molar-refractivity contribution in [3.63, 3.8) is 0 Å². The normalized spacial score (nSPS) is 7.68. The van der Waals surface area contributed by atoms with Crippen molar-refractivity contribution in [1.82, 2.24) is 15.1 Å². The minimum Gasteiger partial charge on any atom is -0.356 e. The largest absolute Gasteiger partial charge is 2.00 e. The second-order valence-corrected chi connectivity index (χ2v) is 3.36. The number of aromatic nitrogens is 4. The van der Waals surface area contributed by atoms with Crippen LogP contribution in [-0.4, -0.2) is 56.6 Å². The maximum Gasteiger partial charge on any atom is 2.00 e. The monoisotopic (exact) mass is 574 g/mol. The minimum atomic E-state index is -1.75. The molecule has 0 bridgehead atoms. The Labute approximate surface area is 160 Å². The molecule has 0 aliphatic carbocycles. The first kappa shape index (κ1) is 26.9. The Morgan fingerprint density at radius 2 is 1.28 bits per heavy atom. The molecule has 1 aromatic heterocycles. The molecular formula is C7H7BiN7O9S. The predicted octanol–water partition coefficient (Wildman–Crippen LogP) is -0.354. The average molecular weight is 574 g/mol.